The first-order chi connectivity index (χ1) is 8.72. The van der Waals surface area contributed by atoms with Crippen LogP contribution in [0.5, 0.6) is 0 Å². The summed E-state index contributed by atoms with van der Waals surface area (Å²) in [4.78, 5) is 0. The van der Waals surface area contributed by atoms with E-state index in [1.165, 1.54) is 17.5 Å². The fourth-order valence-electron chi connectivity index (χ4n) is 2.03. The third kappa shape index (κ3) is 6.77. The molecule has 0 radical (unpaired) electrons. The van der Waals surface area contributed by atoms with Gasteiger partial charge in [0, 0.05) is 6.61 Å². The van der Waals surface area contributed by atoms with Crippen LogP contribution < -0.4 is 5.32 Å². The number of hydrogen-bond acceptors (Lipinski definition) is 2. The van der Waals surface area contributed by atoms with E-state index in [4.69, 9.17) is 5.11 Å². The topological polar surface area (TPSA) is 32.3 Å². The van der Waals surface area contributed by atoms with E-state index in [0.29, 0.717) is 6.61 Å². The number of rotatable bonds is 9. The molecule has 1 aromatic carbocycles. The summed E-state index contributed by atoms with van der Waals surface area (Å²) >= 11 is 0. The van der Waals surface area contributed by atoms with Crippen LogP contribution in [0, 0.1) is 5.92 Å². The third-order valence-electron chi connectivity index (χ3n) is 3.02. The van der Waals surface area contributed by atoms with Gasteiger partial charge in [0.05, 0.1) is 0 Å². The minimum atomic E-state index is 0.305. The molecule has 0 bridgehead atoms. The molecule has 0 unspecified atom stereocenters. The van der Waals surface area contributed by atoms with Crippen LogP contribution in [0.2, 0.25) is 0 Å². The quantitative estimate of drug-likeness (QED) is 0.660. The van der Waals surface area contributed by atoms with Crippen molar-refractivity contribution in [1.82, 2.24) is 5.32 Å². The van der Waals surface area contributed by atoms with Crippen LogP contribution in [0.4, 0.5) is 0 Å². The Morgan fingerprint density at radius 1 is 1.00 bits per heavy atom. The van der Waals surface area contributed by atoms with Gasteiger partial charge in [-0.2, -0.15) is 0 Å². The Bertz CT molecular complexity index is 305. The average Bonchev–Trinajstić information content (AvgIpc) is 2.35. The molecule has 0 saturated heterocycles. The summed E-state index contributed by atoms with van der Waals surface area (Å²) in [5.74, 6) is 0.726. The predicted octanol–water partition coefficient (Wildman–Crippen LogP) is 2.79. The molecule has 0 aliphatic carbocycles. The molecule has 2 N–H and O–H groups in total. The van der Waals surface area contributed by atoms with E-state index >= 15 is 0 Å². The van der Waals surface area contributed by atoms with Gasteiger partial charge in [-0.15, -0.1) is 0 Å². The van der Waals surface area contributed by atoms with Gasteiger partial charge in [-0.05, 0) is 55.8 Å². The standard InChI is InChI=1S/C16H27NO/c1-14(2)13-16-7-5-15(6-8-16)9-11-17-10-3-4-12-18/h5-8,14,17-18H,3-4,9-13H2,1-2H3. The first-order valence-electron chi connectivity index (χ1n) is 7.11. The molecule has 0 heterocycles. The molecule has 1 aromatic rings. The van der Waals surface area contributed by atoms with E-state index in [1.807, 2.05) is 0 Å². The predicted molar refractivity (Wildman–Crippen MR) is 77.9 cm³/mol. The Kier molecular flexibility index (Phi) is 7.70. The van der Waals surface area contributed by atoms with Crippen LogP contribution in [0.15, 0.2) is 24.3 Å². The number of aliphatic hydroxyl groups excluding tert-OH is 1. The minimum Gasteiger partial charge on any atom is -0.396 e. The van der Waals surface area contributed by atoms with Crippen LogP contribution in [0.1, 0.15) is 37.8 Å². The Morgan fingerprint density at radius 2 is 1.67 bits per heavy atom. The molecule has 18 heavy (non-hydrogen) atoms. The van der Waals surface area contributed by atoms with E-state index in [0.717, 1.165) is 38.3 Å². The Labute approximate surface area is 111 Å². The number of unbranched alkanes of at least 4 members (excludes halogenated alkanes) is 1. The first kappa shape index (κ1) is 15.2. The Morgan fingerprint density at radius 3 is 2.28 bits per heavy atom. The maximum absolute atomic E-state index is 8.66. The lowest BCUT2D eigenvalue weighted by atomic mass is 10.0. The zero-order chi connectivity index (χ0) is 13.2. The number of hydrogen-bond donors (Lipinski definition) is 2. The molecule has 0 aliphatic rings. The highest BCUT2D eigenvalue weighted by Crippen LogP contribution is 2.09. The highest BCUT2D eigenvalue weighted by Gasteiger charge is 1.98. The maximum atomic E-state index is 8.66. The van der Waals surface area contributed by atoms with Gasteiger partial charge >= 0.3 is 0 Å². The molecule has 0 fully saturated rings. The Balaban J connectivity index is 2.18. The second-order valence-electron chi connectivity index (χ2n) is 5.35. The lowest BCUT2D eigenvalue weighted by Gasteiger charge is -2.07. The summed E-state index contributed by atoms with van der Waals surface area (Å²) < 4.78 is 0. The van der Waals surface area contributed by atoms with Crippen LogP contribution in [-0.4, -0.2) is 24.8 Å². The van der Waals surface area contributed by atoms with Gasteiger partial charge in [-0.25, -0.2) is 0 Å². The molecule has 0 spiro atoms. The monoisotopic (exact) mass is 249 g/mol. The van der Waals surface area contributed by atoms with Crippen molar-refractivity contribution in [2.45, 2.75) is 39.5 Å². The fourth-order valence-corrected chi connectivity index (χ4v) is 2.03. The number of aliphatic hydroxyl groups is 1. The highest BCUT2D eigenvalue weighted by atomic mass is 16.2. The van der Waals surface area contributed by atoms with Gasteiger partial charge in [0.25, 0.3) is 0 Å². The molecule has 0 atom stereocenters. The SMILES string of the molecule is CC(C)Cc1ccc(CCNCCCCO)cc1. The summed E-state index contributed by atoms with van der Waals surface area (Å²) in [6.07, 6.45) is 4.21. The molecule has 0 saturated carbocycles. The van der Waals surface area contributed by atoms with Crippen molar-refractivity contribution >= 4 is 0 Å². The van der Waals surface area contributed by atoms with E-state index in [9.17, 15) is 0 Å². The molecule has 0 aromatic heterocycles. The second kappa shape index (κ2) is 9.12. The highest BCUT2D eigenvalue weighted by molar-refractivity contribution is 5.23. The summed E-state index contributed by atoms with van der Waals surface area (Å²) in [6.45, 7) is 6.84. The molecule has 1 rings (SSSR count). The summed E-state index contributed by atoms with van der Waals surface area (Å²) in [5.41, 5.74) is 2.84. The Hall–Kier alpha value is -0.860. The molecule has 0 aliphatic heterocycles. The van der Waals surface area contributed by atoms with Crippen LogP contribution in [-0.2, 0) is 12.8 Å². The van der Waals surface area contributed by atoms with Crippen LogP contribution in [0.25, 0.3) is 0 Å². The van der Waals surface area contributed by atoms with Gasteiger partial charge in [-0.1, -0.05) is 38.1 Å². The van der Waals surface area contributed by atoms with E-state index in [-0.39, 0.29) is 0 Å². The zero-order valence-corrected chi connectivity index (χ0v) is 11.8. The largest absolute Gasteiger partial charge is 0.396 e. The van der Waals surface area contributed by atoms with Crippen LogP contribution in [0.3, 0.4) is 0 Å². The smallest absolute Gasteiger partial charge is 0.0431 e. The third-order valence-corrected chi connectivity index (χ3v) is 3.02. The number of benzene rings is 1. The van der Waals surface area contributed by atoms with Gasteiger partial charge in [0.15, 0.2) is 0 Å². The molecule has 2 nitrogen and oxygen atoms in total. The second-order valence-corrected chi connectivity index (χ2v) is 5.35. The van der Waals surface area contributed by atoms with Gasteiger partial charge in [0.2, 0.25) is 0 Å². The van der Waals surface area contributed by atoms with Crippen molar-refractivity contribution in [2.75, 3.05) is 19.7 Å². The normalized spacial score (nSPS) is 11.1. The average molecular weight is 249 g/mol. The van der Waals surface area contributed by atoms with E-state index in [1.54, 1.807) is 0 Å². The maximum Gasteiger partial charge on any atom is 0.0431 e. The van der Waals surface area contributed by atoms with Gasteiger partial charge in [-0.3, -0.25) is 0 Å². The summed E-state index contributed by atoms with van der Waals surface area (Å²) in [6, 6.07) is 8.99. The summed E-state index contributed by atoms with van der Waals surface area (Å²) in [5, 5.41) is 12.1. The van der Waals surface area contributed by atoms with Crippen LogP contribution >= 0.6 is 0 Å². The van der Waals surface area contributed by atoms with Gasteiger partial charge in [0.1, 0.15) is 0 Å². The van der Waals surface area contributed by atoms with E-state index in [2.05, 4.69) is 43.4 Å². The lowest BCUT2D eigenvalue weighted by Crippen LogP contribution is -2.18. The van der Waals surface area contributed by atoms with E-state index < -0.39 is 0 Å². The lowest BCUT2D eigenvalue weighted by molar-refractivity contribution is 0.284. The van der Waals surface area contributed by atoms with Crippen molar-refractivity contribution in [3.05, 3.63) is 35.4 Å². The van der Waals surface area contributed by atoms with Crippen molar-refractivity contribution in [1.29, 1.82) is 0 Å². The zero-order valence-electron chi connectivity index (χ0n) is 11.8. The fraction of sp³-hybridized carbons (Fsp3) is 0.625. The molecular weight excluding hydrogens is 222 g/mol. The number of nitrogens with one attached hydrogen (secondary N) is 1. The minimum absolute atomic E-state index is 0.305. The van der Waals surface area contributed by atoms with Crippen molar-refractivity contribution in [3.8, 4) is 0 Å². The molecule has 102 valence electrons. The van der Waals surface area contributed by atoms with Crippen molar-refractivity contribution in [2.24, 2.45) is 5.92 Å². The van der Waals surface area contributed by atoms with Crippen molar-refractivity contribution < 1.29 is 5.11 Å². The van der Waals surface area contributed by atoms with Crippen molar-refractivity contribution in [3.63, 3.8) is 0 Å². The molecular formula is C16H27NO. The molecule has 2 heteroatoms. The molecule has 0 amide bonds. The summed E-state index contributed by atoms with van der Waals surface area (Å²) in [7, 11) is 0. The van der Waals surface area contributed by atoms with Gasteiger partial charge < -0.3 is 10.4 Å². The first-order valence-corrected chi connectivity index (χ1v) is 7.11.